The van der Waals surface area contributed by atoms with Gasteiger partial charge in [0.05, 0.1) is 18.0 Å². The van der Waals surface area contributed by atoms with Crippen LogP contribution in [0.4, 0.5) is 0 Å². The van der Waals surface area contributed by atoms with E-state index in [0.29, 0.717) is 18.8 Å². The number of imidazole rings is 1. The molecule has 3 aromatic carbocycles. The molecule has 0 radical (unpaired) electrons. The van der Waals surface area contributed by atoms with Crippen molar-refractivity contribution >= 4 is 5.94 Å². The van der Waals surface area contributed by atoms with Gasteiger partial charge in [-0.3, -0.25) is 0 Å². The van der Waals surface area contributed by atoms with Crippen LogP contribution in [-0.2, 0) is 16.1 Å². The van der Waals surface area contributed by atoms with Crippen molar-refractivity contribution in [3.63, 3.8) is 0 Å². The number of ether oxygens (including phenoxy) is 1. The number of hydrogen-bond donors (Lipinski definition) is 0. The molecule has 1 aromatic heterocycles. The number of unbranched alkanes of at least 4 members (excludes halogenated alkanes) is 6. The molecule has 0 aliphatic heterocycles. The molecule has 4 heteroatoms. The van der Waals surface area contributed by atoms with Gasteiger partial charge in [-0.2, -0.15) is 0 Å². The average Bonchev–Trinajstić information content (AvgIpc) is 3.36. The van der Waals surface area contributed by atoms with Crippen molar-refractivity contribution in [3.05, 3.63) is 96.8 Å². The van der Waals surface area contributed by atoms with Crippen LogP contribution in [-0.4, -0.2) is 22.1 Å². The Morgan fingerprint density at radius 1 is 0.711 bits per heavy atom. The Balaban J connectivity index is 1.46. The van der Waals surface area contributed by atoms with Crippen molar-refractivity contribution in [2.45, 2.75) is 64.8 Å². The lowest BCUT2D eigenvalue weighted by atomic mass is 10.0. The zero-order chi connectivity index (χ0) is 26.4. The molecule has 0 bridgehead atoms. The topological polar surface area (TPSA) is 44.1 Å². The number of rotatable bonds is 15. The van der Waals surface area contributed by atoms with E-state index in [0.717, 1.165) is 48.5 Å². The highest BCUT2D eigenvalue weighted by Gasteiger charge is 2.20. The van der Waals surface area contributed by atoms with Gasteiger partial charge in [0, 0.05) is 29.7 Å². The van der Waals surface area contributed by atoms with Crippen LogP contribution < -0.4 is 0 Å². The SMILES string of the molecule is CCOC(=C=O)CCCCCCCCCn1c(-c2ccccc2)nc(-c2ccccc2)c1-c1ccccc1. The molecular weight excluding hydrogens is 468 g/mol. The Kier molecular flexibility index (Phi) is 10.5. The van der Waals surface area contributed by atoms with Gasteiger partial charge in [0.2, 0.25) is 0 Å². The van der Waals surface area contributed by atoms with Gasteiger partial charge < -0.3 is 9.30 Å². The van der Waals surface area contributed by atoms with Gasteiger partial charge in [-0.1, -0.05) is 123 Å². The quantitative estimate of drug-likeness (QED) is 0.0919. The third-order valence-corrected chi connectivity index (χ3v) is 6.81. The van der Waals surface area contributed by atoms with E-state index in [1.54, 1.807) is 0 Å². The van der Waals surface area contributed by atoms with Crippen LogP contribution in [0.1, 0.15) is 58.3 Å². The Hall–Kier alpha value is -3.88. The smallest absolute Gasteiger partial charge is 0.179 e. The van der Waals surface area contributed by atoms with Gasteiger partial charge in [0.15, 0.2) is 11.7 Å². The van der Waals surface area contributed by atoms with Gasteiger partial charge in [0.1, 0.15) is 5.82 Å². The summed E-state index contributed by atoms with van der Waals surface area (Å²) in [5.74, 6) is 3.41. The molecule has 0 atom stereocenters. The standard InChI is InChI=1S/C34H38N2O2/c1-2-38-31(27-37)25-17-6-4-3-5-7-18-26-36-33(29-21-13-9-14-22-29)32(28-19-11-8-12-20-28)35-34(36)30-23-15-10-16-24-30/h8-16,19-24H,2-7,17-18,25-26H2,1H3. The number of carbonyl (C=O) groups excluding carboxylic acids is 1. The summed E-state index contributed by atoms with van der Waals surface area (Å²) in [4.78, 5) is 16.1. The molecule has 4 aromatic rings. The van der Waals surface area contributed by atoms with Crippen LogP contribution in [0.25, 0.3) is 33.9 Å². The van der Waals surface area contributed by atoms with E-state index in [1.807, 2.05) is 12.9 Å². The van der Waals surface area contributed by atoms with Gasteiger partial charge in [0.25, 0.3) is 0 Å². The van der Waals surface area contributed by atoms with Gasteiger partial charge in [-0.15, -0.1) is 0 Å². The molecule has 0 aliphatic carbocycles. The Morgan fingerprint density at radius 2 is 1.24 bits per heavy atom. The molecule has 0 spiro atoms. The second-order valence-corrected chi connectivity index (χ2v) is 9.57. The molecule has 4 rings (SSSR count). The molecule has 1 heterocycles. The van der Waals surface area contributed by atoms with E-state index >= 15 is 0 Å². The molecular formula is C34H38N2O2. The number of nitrogens with zero attached hydrogens (tertiary/aromatic N) is 2. The summed E-state index contributed by atoms with van der Waals surface area (Å²) in [6, 6.07) is 31.7. The first-order valence-electron chi connectivity index (χ1n) is 14.0. The van der Waals surface area contributed by atoms with Crippen LogP contribution in [0, 0.1) is 0 Å². The number of benzene rings is 3. The lowest BCUT2D eigenvalue weighted by Crippen LogP contribution is -2.03. The minimum atomic E-state index is 0.464. The summed E-state index contributed by atoms with van der Waals surface area (Å²) >= 11 is 0. The van der Waals surface area contributed by atoms with Crippen molar-refractivity contribution in [2.75, 3.05) is 6.61 Å². The van der Waals surface area contributed by atoms with Crippen LogP contribution in [0.3, 0.4) is 0 Å². The largest absolute Gasteiger partial charge is 0.487 e. The summed E-state index contributed by atoms with van der Waals surface area (Å²) in [7, 11) is 0. The van der Waals surface area contributed by atoms with E-state index in [-0.39, 0.29) is 0 Å². The zero-order valence-corrected chi connectivity index (χ0v) is 22.4. The molecule has 0 N–H and O–H groups in total. The molecule has 196 valence electrons. The van der Waals surface area contributed by atoms with Gasteiger partial charge >= 0.3 is 0 Å². The van der Waals surface area contributed by atoms with Crippen molar-refractivity contribution in [3.8, 4) is 33.9 Å². The normalized spacial score (nSPS) is 10.8. The Labute approximate surface area is 227 Å². The highest BCUT2D eigenvalue weighted by atomic mass is 16.5. The van der Waals surface area contributed by atoms with Crippen LogP contribution >= 0.6 is 0 Å². The van der Waals surface area contributed by atoms with Gasteiger partial charge in [-0.05, 0) is 19.8 Å². The maximum atomic E-state index is 10.9. The molecule has 0 fully saturated rings. The van der Waals surface area contributed by atoms with E-state index in [9.17, 15) is 4.79 Å². The third-order valence-electron chi connectivity index (χ3n) is 6.81. The highest BCUT2D eigenvalue weighted by molar-refractivity contribution is 5.82. The number of allylic oxidation sites excluding steroid dienone is 1. The fourth-order valence-corrected chi connectivity index (χ4v) is 4.93. The van der Waals surface area contributed by atoms with Crippen LogP contribution in [0.15, 0.2) is 96.8 Å². The molecule has 38 heavy (non-hydrogen) atoms. The monoisotopic (exact) mass is 506 g/mol. The second-order valence-electron chi connectivity index (χ2n) is 9.57. The van der Waals surface area contributed by atoms with E-state index in [4.69, 9.17) is 9.72 Å². The molecule has 0 saturated heterocycles. The van der Waals surface area contributed by atoms with Crippen LogP contribution in [0.5, 0.6) is 0 Å². The van der Waals surface area contributed by atoms with Crippen molar-refractivity contribution in [1.82, 2.24) is 9.55 Å². The molecule has 0 saturated carbocycles. The summed E-state index contributed by atoms with van der Waals surface area (Å²) < 4.78 is 7.72. The summed E-state index contributed by atoms with van der Waals surface area (Å²) in [5, 5.41) is 0. The Morgan fingerprint density at radius 3 is 1.82 bits per heavy atom. The van der Waals surface area contributed by atoms with Crippen molar-refractivity contribution in [2.24, 2.45) is 0 Å². The zero-order valence-electron chi connectivity index (χ0n) is 22.4. The number of hydrogen-bond acceptors (Lipinski definition) is 3. The highest BCUT2D eigenvalue weighted by Crippen LogP contribution is 2.36. The van der Waals surface area contributed by atoms with Crippen molar-refractivity contribution in [1.29, 1.82) is 0 Å². The second kappa shape index (κ2) is 14.8. The van der Waals surface area contributed by atoms with E-state index < -0.39 is 0 Å². The molecule has 4 nitrogen and oxygen atoms in total. The lowest BCUT2D eigenvalue weighted by Gasteiger charge is -2.14. The van der Waals surface area contributed by atoms with E-state index in [1.165, 1.54) is 36.9 Å². The first kappa shape index (κ1) is 27.2. The van der Waals surface area contributed by atoms with E-state index in [2.05, 4.69) is 95.6 Å². The Bertz CT molecular complexity index is 1290. The average molecular weight is 507 g/mol. The summed E-state index contributed by atoms with van der Waals surface area (Å²) in [5.41, 5.74) is 5.69. The summed E-state index contributed by atoms with van der Waals surface area (Å²) in [6.07, 6.45) is 8.71. The first-order valence-corrected chi connectivity index (χ1v) is 14.0. The van der Waals surface area contributed by atoms with Crippen molar-refractivity contribution < 1.29 is 9.53 Å². The molecule has 0 unspecified atom stereocenters. The molecule has 0 aliphatic rings. The fraction of sp³-hybridized carbons (Fsp3) is 0.324. The minimum Gasteiger partial charge on any atom is -0.487 e. The number of aromatic nitrogens is 2. The lowest BCUT2D eigenvalue weighted by molar-refractivity contribution is 0.219. The maximum absolute atomic E-state index is 10.9. The van der Waals surface area contributed by atoms with Gasteiger partial charge in [-0.25, -0.2) is 9.78 Å². The first-order chi connectivity index (χ1) is 18.8. The predicted molar refractivity (Wildman–Crippen MR) is 156 cm³/mol. The minimum absolute atomic E-state index is 0.464. The summed E-state index contributed by atoms with van der Waals surface area (Å²) in [6.45, 7) is 3.36. The fourth-order valence-electron chi connectivity index (χ4n) is 4.93. The maximum Gasteiger partial charge on any atom is 0.179 e. The third kappa shape index (κ3) is 7.34. The predicted octanol–water partition coefficient (Wildman–Crippen LogP) is 8.76. The van der Waals surface area contributed by atoms with Crippen LogP contribution in [0.2, 0.25) is 0 Å². The molecule has 0 amide bonds.